The largest absolute Gasteiger partial charge is 0.497 e. The maximum atomic E-state index is 14.3. The fourth-order valence-electron chi connectivity index (χ4n) is 4.48. The van der Waals surface area contributed by atoms with E-state index in [-0.39, 0.29) is 35.0 Å². The highest BCUT2D eigenvalue weighted by atomic mass is 32.2. The van der Waals surface area contributed by atoms with Gasteiger partial charge in [-0.2, -0.15) is 0 Å². The minimum atomic E-state index is -4.47. The predicted molar refractivity (Wildman–Crippen MR) is 159 cm³/mol. The van der Waals surface area contributed by atoms with Crippen molar-refractivity contribution < 1.29 is 41.3 Å². The second kappa shape index (κ2) is 14.6. The van der Waals surface area contributed by atoms with Gasteiger partial charge in [0, 0.05) is 25.7 Å². The minimum absolute atomic E-state index is 0.0275. The van der Waals surface area contributed by atoms with Crippen LogP contribution in [0, 0.1) is 5.82 Å². The van der Waals surface area contributed by atoms with Crippen LogP contribution in [0.2, 0.25) is 0 Å². The maximum Gasteiger partial charge on any atom is 0.265 e. The number of hydrogen-bond acceptors (Lipinski definition) is 8. The molecule has 0 heterocycles. The van der Waals surface area contributed by atoms with Crippen molar-refractivity contribution in [3.05, 3.63) is 72.0 Å². The van der Waals surface area contributed by atoms with Crippen molar-refractivity contribution in [1.82, 2.24) is 10.2 Å². The number of carbonyl (C=O) groups is 2. The monoisotopic (exact) mass is 617 g/mol. The van der Waals surface area contributed by atoms with Crippen LogP contribution in [-0.2, 0) is 26.2 Å². The van der Waals surface area contributed by atoms with Gasteiger partial charge >= 0.3 is 0 Å². The van der Waals surface area contributed by atoms with Crippen LogP contribution in [0.25, 0.3) is 0 Å². The van der Waals surface area contributed by atoms with Gasteiger partial charge in [0.15, 0.2) is 11.5 Å². The molecule has 43 heavy (non-hydrogen) atoms. The van der Waals surface area contributed by atoms with Crippen molar-refractivity contribution in [3.8, 4) is 23.0 Å². The molecule has 0 aliphatic heterocycles. The van der Waals surface area contributed by atoms with Crippen molar-refractivity contribution in [2.75, 3.05) is 46.3 Å². The average Bonchev–Trinajstić information content (AvgIpc) is 3.03. The molecule has 0 bridgehead atoms. The van der Waals surface area contributed by atoms with Gasteiger partial charge in [-0.15, -0.1) is 0 Å². The molecule has 2 amide bonds. The van der Waals surface area contributed by atoms with Crippen molar-refractivity contribution in [2.45, 2.75) is 30.8 Å². The number of hydrogen-bond donors (Lipinski definition) is 1. The van der Waals surface area contributed by atoms with E-state index in [0.29, 0.717) is 17.1 Å². The van der Waals surface area contributed by atoms with E-state index in [2.05, 4.69) is 5.32 Å². The number of anilines is 1. The Morgan fingerprint density at radius 3 is 2.05 bits per heavy atom. The molecule has 0 radical (unpaired) electrons. The van der Waals surface area contributed by atoms with Crippen LogP contribution in [0.5, 0.6) is 23.0 Å². The summed E-state index contributed by atoms with van der Waals surface area (Å²) < 4.78 is 64.5. The standard InChI is InChI=1S/C30H36FN3O8S/c1-7-24(30(36)32-2)33(18-20-8-10-21(31)11-9-20)29(35)19-34(25-16-22(39-3)12-14-26(25)40-4)43(37,38)23-13-15-27(41-5)28(17-23)42-6/h8-17,24H,7,18-19H2,1-6H3,(H,32,36). The van der Waals surface area contributed by atoms with Crippen LogP contribution in [0.3, 0.4) is 0 Å². The molecule has 0 aromatic heterocycles. The summed E-state index contributed by atoms with van der Waals surface area (Å²) in [4.78, 5) is 28.1. The van der Waals surface area contributed by atoms with E-state index in [0.717, 1.165) is 4.31 Å². The fourth-order valence-corrected chi connectivity index (χ4v) is 5.91. The molecule has 1 unspecified atom stereocenters. The van der Waals surface area contributed by atoms with Gasteiger partial charge in [0.25, 0.3) is 10.0 Å². The highest BCUT2D eigenvalue weighted by molar-refractivity contribution is 7.92. The van der Waals surface area contributed by atoms with E-state index in [1.165, 1.54) is 95.0 Å². The summed E-state index contributed by atoms with van der Waals surface area (Å²) in [6, 6.07) is 13.1. The van der Waals surface area contributed by atoms with Crippen LogP contribution in [0.4, 0.5) is 10.1 Å². The summed E-state index contributed by atoms with van der Waals surface area (Å²) in [6.45, 7) is 0.938. The quantitative estimate of drug-likeness (QED) is 0.291. The Morgan fingerprint density at radius 1 is 0.860 bits per heavy atom. The van der Waals surface area contributed by atoms with E-state index < -0.39 is 40.2 Å². The molecule has 1 atom stereocenters. The lowest BCUT2D eigenvalue weighted by Crippen LogP contribution is -2.51. The molecular formula is C30H36FN3O8S. The van der Waals surface area contributed by atoms with Gasteiger partial charge in [-0.05, 0) is 48.4 Å². The summed E-state index contributed by atoms with van der Waals surface area (Å²) in [5, 5.41) is 2.56. The van der Waals surface area contributed by atoms with Gasteiger partial charge in [0.05, 0.1) is 39.0 Å². The first-order valence-corrected chi connectivity index (χ1v) is 14.7. The molecule has 3 rings (SSSR count). The number of methoxy groups -OCH3 is 4. The van der Waals surface area contributed by atoms with Crippen molar-refractivity contribution in [1.29, 1.82) is 0 Å². The fraction of sp³-hybridized carbons (Fsp3) is 0.333. The molecule has 0 spiro atoms. The molecule has 1 N–H and O–H groups in total. The topological polar surface area (TPSA) is 124 Å². The molecule has 0 saturated heterocycles. The Morgan fingerprint density at radius 2 is 1.49 bits per heavy atom. The molecule has 0 aliphatic carbocycles. The zero-order chi connectivity index (χ0) is 31.7. The van der Waals surface area contributed by atoms with E-state index in [4.69, 9.17) is 18.9 Å². The molecule has 3 aromatic rings. The maximum absolute atomic E-state index is 14.3. The summed E-state index contributed by atoms with van der Waals surface area (Å²) in [5.74, 6) is -0.644. The minimum Gasteiger partial charge on any atom is -0.497 e. The van der Waals surface area contributed by atoms with Crippen LogP contribution < -0.4 is 28.6 Å². The van der Waals surface area contributed by atoms with Crippen LogP contribution >= 0.6 is 0 Å². The highest BCUT2D eigenvalue weighted by Crippen LogP contribution is 2.37. The van der Waals surface area contributed by atoms with E-state index in [9.17, 15) is 22.4 Å². The van der Waals surface area contributed by atoms with Gasteiger partial charge < -0.3 is 29.2 Å². The van der Waals surface area contributed by atoms with Gasteiger partial charge in [0.1, 0.15) is 29.9 Å². The lowest BCUT2D eigenvalue weighted by molar-refractivity contribution is -0.140. The highest BCUT2D eigenvalue weighted by Gasteiger charge is 2.35. The Kier molecular flexibility index (Phi) is 11.2. The van der Waals surface area contributed by atoms with Gasteiger partial charge in [-0.3, -0.25) is 13.9 Å². The number of likely N-dealkylation sites (N-methyl/N-ethyl adjacent to an activating group) is 1. The summed E-state index contributed by atoms with van der Waals surface area (Å²) in [7, 11) is 2.56. The molecule has 0 fully saturated rings. The summed E-state index contributed by atoms with van der Waals surface area (Å²) in [6.07, 6.45) is 0.234. The van der Waals surface area contributed by atoms with Crippen LogP contribution in [0.1, 0.15) is 18.9 Å². The molecule has 13 heteroatoms. The number of sulfonamides is 1. The molecule has 0 saturated carbocycles. The van der Waals surface area contributed by atoms with Crippen molar-refractivity contribution in [3.63, 3.8) is 0 Å². The third-order valence-corrected chi connectivity index (χ3v) is 8.53. The second-order valence-corrected chi connectivity index (χ2v) is 11.1. The number of nitrogens with zero attached hydrogens (tertiary/aromatic N) is 2. The van der Waals surface area contributed by atoms with E-state index in [1.807, 2.05) is 0 Å². The number of benzene rings is 3. The number of carbonyl (C=O) groups excluding carboxylic acids is 2. The first kappa shape index (κ1) is 33.0. The summed E-state index contributed by atoms with van der Waals surface area (Å²) >= 11 is 0. The van der Waals surface area contributed by atoms with E-state index in [1.54, 1.807) is 13.0 Å². The smallest absolute Gasteiger partial charge is 0.265 e. The second-order valence-electron chi connectivity index (χ2n) is 9.25. The third-order valence-electron chi connectivity index (χ3n) is 6.78. The Bertz CT molecular complexity index is 1530. The predicted octanol–water partition coefficient (Wildman–Crippen LogP) is 3.61. The van der Waals surface area contributed by atoms with E-state index >= 15 is 0 Å². The average molecular weight is 618 g/mol. The lowest BCUT2D eigenvalue weighted by Gasteiger charge is -2.33. The number of amides is 2. The molecule has 232 valence electrons. The molecule has 0 aliphatic rings. The van der Waals surface area contributed by atoms with Crippen molar-refractivity contribution in [2.24, 2.45) is 0 Å². The number of ether oxygens (including phenoxy) is 4. The van der Waals surface area contributed by atoms with Crippen LogP contribution in [0.15, 0.2) is 65.6 Å². The number of nitrogens with one attached hydrogen (secondary N) is 1. The Balaban J connectivity index is 2.19. The Labute approximate surface area is 251 Å². The molecule has 11 nitrogen and oxygen atoms in total. The Hall–Kier alpha value is -4.52. The van der Waals surface area contributed by atoms with Gasteiger partial charge in [-0.25, -0.2) is 12.8 Å². The first-order chi connectivity index (χ1) is 20.5. The molecular weight excluding hydrogens is 581 g/mol. The number of halogens is 1. The van der Waals surface area contributed by atoms with Gasteiger partial charge in [0.2, 0.25) is 11.8 Å². The zero-order valence-corrected chi connectivity index (χ0v) is 25.7. The summed E-state index contributed by atoms with van der Waals surface area (Å²) in [5.41, 5.74) is 0.574. The van der Waals surface area contributed by atoms with Crippen LogP contribution in [-0.4, -0.2) is 73.2 Å². The molecule has 3 aromatic carbocycles. The number of rotatable bonds is 14. The SMILES string of the molecule is CCC(C(=O)NC)N(Cc1ccc(F)cc1)C(=O)CN(c1cc(OC)ccc1OC)S(=O)(=O)c1ccc(OC)c(OC)c1. The van der Waals surface area contributed by atoms with Crippen molar-refractivity contribution >= 4 is 27.5 Å². The first-order valence-electron chi connectivity index (χ1n) is 13.3. The lowest BCUT2D eigenvalue weighted by atomic mass is 10.1. The normalized spacial score (nSPS) is 11.7. The van der Waals surface area contributed by atoms with Gasteiger partial charge in [-0.1, -0.05) is 19.1 Å². The third kappa shape index (κ3) is 7.47. The zero-order valence-electron chi connectivity index (χ0n) is 24.9.